The summed E-state index contributed by atoms with van der Waals surface area (Å²) in [6, 6.07) is 12.3. The first kappa shape index (κ1) is 15.3. The molecule has 5 heteroatoms. The van der Waals surface area contributed by atoms with Crippen molar-refractivity contribution in [1.29, 1.82) is 0 Å². The molecule has 1 unspecified atom stereocenters. The lowest BCUT2D eigenvalue weighted by Gasteiger charge is -2.33. The molecule has 1 amide bonds. The molecule has 116 valence electrons. The second kappa shape index (κ2) is 6.67. The fourth-order valence-corrected chi connectivity index (χ4v) is 3.09. The number of rotatable bonds is 4. The van der Waals surface area contributed by atoms with Gasteiger partial charge >= 0.3 is 0 Å². The van der Waals surface area contributed by atoms with Crippen molar-refractivity contribution in [3.63, 3.8) is 0 Å². The van der Waals surface area contributed by atoms with E-state index in [1.165, 1.54) is 11.1 Å². The average molecular weight is 363 g/mol. The summed E-state index contributed by atoms with van der Waals surface area (Å²) in [5, 5.41) is 2.94. The van der Waals surface area contributed by atoms with Crippen LogP contribution in [0.25, 0.3) is 0 Å². The van der Waals surface area contributed by atoms with Crippen molar-refractivity contribution in [2.45, 2.75) is 25.9 Å². The molecular weight excluding hydrogens is 344 g/mol. The van der Waals surface area contributed by atoms with E-state index in [-0.39, 0.29) is 11.9 Å². The van der Waals surface area contributed by atoms with Crippen LogP contribution in [0.2, 0.25) is 0 Å². The standard InChI is InChI=1S/C17H19BrN2O2/c1-12(10-19-17(21)15-6-7-16(18)22-15)20-9-8-13-4-2-3-5-14(13)11-20/h2-7,12H,8-11H2,1H3,(H,19,21). The maximum Gasteiger partial charge on any atom is 0.287 e. The summed E-state index contributed by atoms with van der Waals surface area (Å²) < 4.78 is 5.83. The third-order valence-electron chi connectivity index (χ3n) is 4.14. The Hall–Kier alpha value is -1.59. The molecule has 22 heavy (non-hydrogen) atoms. The highest BCUT2D eigenvalue weighted by atomic mass is 79.9. The van der Waals surface area contributed by atoms with Crippen LogP contribution in [0.4, 0.5) is 0 Å². The van der Waals surface area contributed by atoms with E-state index in [4.69, 9.17) is 4.42 Å². The van der Waals surface area contributed by atoms with Crippen molar-refractivity contribution in [1.82, 2.24) is 10.2 Å². The van der Waals surface area contributed by atoms with Crippen molar-refractivity contribution >= 4 is 21.8 Å². The molecule has 2 aromatic rings. The normalized spacial score (nSPS) is 16.1. The number of nitrogens with one attached hydrogen (secondary N) is 1. The van der Waals surface area contributed by atoms with Crippen LogP contribution in [0.15, 0.2) is 45.5 Å². The quantitative estimate of drug-likeness (QED) is 0.907. The zero-order valence-electron chi connectivity index (χ0n) is 12.5. The summed E-state index contributed by atoms with van der Waals surface area (Å²) >= 11 is 3.20. The van der Waals surface area contributed by atoms with E-state index in [2.05, 4.69) is 57.3 Å². The molecule has 1 aliphatic heterocycles. The van der Waals surface area contributed by atoms with Crippen LogP contribution in [0.3, 0.4) is 0 Å². The summed E-state index contributed by atoms with van der Waals surface area (Å²) in [7, 11) is 0. The van der Waals surface area contributed by atoms with E-state index in [0.29, 0.717) is 17.0 Å². The highest BCUT2D eigenvalue weighted by Gasteiger charge is 2.21. The third-order valence-corrected chi connectivity index (χ3v) is 4.56. The van der Waals surface area contributed by atoms with Crippen LogP contribution in [0.5, 0.6) is 0 Å². The van der Waals surface area contributed by atoms with Gasteiger partial charge in [0, 0.05) is 25.7 Å². The van der Waals surface area contributed by atoms with Crippen molar-refractivity contribution in [3.05, 3.63) is 58.0 Å². The van der Waals surface area contributed by atoms with E-state index >= 15 is 0 Å². The molecule has 0 saturated heterocycles. The van der Waals surface area contributed by atoms with Gasteiger partial charge < -0.3 is 9.73 Å². The zero-order chi connectivity index (χ0) is 15.5. The van der Waals surface area contributed by atoms with Gasteiger partial charge in [-0.3, -0.25) is 9.69 Å². The van der Waals surface area contributed by atoms with Gasteiger partial charge in [0.2, 0.25) is 0 Å². The van der Waals surface area contributed by atoms with Crippen LogP contribution in [-0.4, -0.2) is 29.9 Å². The lowest BCUT2D eigenvalue weighted by Crippen LogP contribution is -2.44. The van der Waals surface area contributed by atoms with Crippen LogP contribution in [0, 0.1) is 0 Å². The number of hydrogen-bond acceptors (Lipinski definition) is 3. The van der Waals surface area contributed by atoms with Crippen molar-refractivity contribution in [2.75, 3.05) is 13.1 Å². The highest BCUT2D eigenvalue weighted by molar-refractivity contribution is 9.10. The third kappa shape index (κ3) is 3.42. The summed E-state index contributed by atoms with van der Waals surface area (Å²) in [5.74, 6) is 0.165. The maximum atomic E-state index is 12.0. The van der Waals surface area contributed by atoms with Gasteiger partial charge in [-0.25, -0.2) is 0 Å². The number of carbonyl (C=O) groups is 1. The first-order valence-electron chi connectivity index (χ1n) is 7.48. The Bertz CT molecular complexity index is 668. The molecule has 1 atom stereocenters. The predicted molar refractivity (Wildman–Crippen MR) is 88.8 cm³/mol. The number of carbonyl (C=O) groups excluding carboxylic acids is 1. The molecule has 0 aliphatic carbocycles. The Labute approximate surface area is 138 Å². The van der Waals surface area contributed by atoms with Crippen molar-refractivity contribution in [3.8, 4) is 0 Å². The van der Waals surface area contributed by atoms with Gasteiger partial charge in [-0.1, -0.05) is 24.3 Å². The van der Waals surface area contributed by atoms with Gasteiger partial charge in [-0.05, 0) is 52.5 Å². The van der Waals surface area contributed by atoms with Crippen molar-refractivity contribution < 1.29 is 9.21 Å². The molecule has 0 fully saturated rings. The molecule has 2 heterocycles. The molecular formula is C17H19BrN2O2. The van der Waals surface area contributed by atoms with Crippen LogP contribution in [-0.2, 0) is 13.0 Å². The summed E-state index contributed by atoms with van der Waals surface area (Å²) in [6.07, 6.45) is 1.07. The minimum absolute atomic E-state index is 0.171. The first-order valence-corrected chi connectivity index (χ1v) is 8.27. The summed E-state index contributed by atoms with van der Waals surface area (Å²) in [4.78, 5) is 14.4. The van der Waals surface area contributed by atoms with E-state index in [1.54, 1.807) is 12.1 Å². The topological polar surface area (TPSA) is 45.5 Å². The molecule has 0 spiro atoms. The van der Waals surface area contributed by atoms with Gasteiger partial charge in [0.15, 0.2) is 10.4 Å². The Morgan fingerprint density at radius 3 is 2.82 bits per heavy atom. The Kier molecular flexibility index (Phi) is 4.64. The van der Waals surface area contributed by atoms with E-state index in [0.717, 1.165) is 19.5 Å². The Balaban J connectivity index is 1.55. The molecule has 1 aromatic heterocycles. The highest BCUT2D eigenvalue weighted by Crippen LogP contribution is 2.20. The first-order chi connectivity index (χ1) is 10.6. The smallest absolute Gasteiger partial charge is 0.287 e. The number of furan rings is 1. The zero-order valence-corrected chi connectivity index (χ0v) is 14.1. The average Bonchev–Trinajstić information content (AvgIpc) is 2.98. The van der Waals surface area contributed by atoms with Gasteiger partial charge in [0.05, 0.1) is 0 Å². The fraction of sp³-hybridized carbons (Fsp3) is 0.353. The number of halogens is 1. The minimum Gasteiger partial charge on any atom is -0.444 e. The molecule has 3 rings (SSSR count). The Morgan fingerprint density at radius 1 is 1.32 bits per heavy atom. The number of amides is 1. The molecule has 1 aromatic carbocycles. The minimum atomic E-state index is -0.171. The molecule has 0 bridgehead atoms. The molecule has 0 saturated carbocycles. The second-order valence-corrected chi connectivity index (χ2v) is 6.43. The second-order valence-electron chi connectivity index (χ2n) is 5.65. The number of hydrogen-bond donors (Lipinski definition) is 1. The molecule has 0 radical (unpaired) electrons. The summed E-state index contributed by atoms with van der Waals surface area (Å²) in [5.41, 5.74) is 2.83. The SMILES string of the molecule is CC(CNC(=O)c1ccc(Br)o1)N1CCc2ccccc2C1. The fourth-order valence-electron chi connectivity index (χ4n) is 2.79. The van der Waals surface area contributed by atoms with E-state index in [1.807, 2.05) is 0 Å². The summed E-state index contributed by atoms with van der Waals surface area (Å²) in [6.45, 7) is 4.73. The van der Waals surface area contributed by atoms with Crippen LogP contribution >= 0.6 is 15.9 Å². The predicted octanol–water partition coefficient (Wildman–Crippen LogP) is 3.22. The lowest BCUT2D eigenvalue weighted by molar-refractivity contribution is 0.0903. The van der Waals surface area contributed by atoms with E-state index < -0.39 is 0 Å². The number of fused-ring (bicyclic) bond motifs is 1. The van der Waals surface area contributed by atoms with Crippen molar-refractivity contribution in [2.24, 2.45) is 0 Å². The van der Waals surface area contributed by atoms with Gasteiger partial charge in [-0.2, -0.15) is 0 Å². The van der Waals surface area contributed by atoms with Crippen LogP contribution < -0.4 is 5.32 Å². The molecule has 1 aliphatic rings. The van der Waals surface area contributed by atoms with E-state index in [9.17, 15) is 4.79 Å². The number of benzene rings is 1. The largest absolute Gasteiger partial charge is 0.444 e. The molecule has 1 N–H and O–H groups in total. The lowest BCUT2D eigenvalue weighted by atomic mass is 9.99. The van der Waals surface area contributed by atoms with Gasteiger partial charge in [-0.15, -0.1) is 0 Å². The van der Waals surface area contributed by atoms with Crippen LogP contribution in [0.1, 0.15) is 28.6 Å². The molecule has 4 nitrogen and oxygen atoms in total. The van der Waals surface area contributed by atoms with Gasteiger partial charge in [0.1, 0.15) is 0 Å². The maximum absolute atomic E-state index is 12.0. The number of nitrogens with zero attached hydrogens (tertiary/aromatic N) is 1. The monoisotopic (exact) mass is 362 g/mol. The Morgan fingerprint density at radius 2 is 2.09 bits per heavy atom. The van der Waals surface area contributed by atoms with Gasteiger partial charge in [0.25, 0.3) is 5.91 Å².